The molecular formula is C25H30N2O4. The van der Waals surface area contributed by atoms with Crippen LogP contribution in [0.25, 0.3) is 0 Å². The summed E-state index contributed by atoms with van der Waals surface area (Å²) in [6.45, 7) is 0.582. The Bertz CT molecular complexity index is 945. The molecule has 2 amide bonds. The lowest BCUT2D eigenvalue weighted by Crippen LogP contribution is -2.67. The number of hydrogen-bond acceptors (Lipinski definition) is 4. The molecule has 2 bridgehead atoms. The Hall–Kier alpha value is -2.37. The minimum Gasteiger partial charge on any atom is -0.467 e. The molecule has 1 spiro atoms. The molecule has 0 aromatic heterocycles. The van der Waals surface area contributed by atoms with Crippen molar-refractivity contribution >= 4 is 17.6 Å². The molecule has 4 saturated carbocycles. The first-order chi connectivity index (χ1) is 15.1. The van der Waals surface area contributed by atoms with E-state index in [-0.39, 0.29) is 41.5 Å². The summed E-state index contributed by atoms with van der Waals surface area (Å²) in [5.74, 6) is 1.57. The smallest absolute Gasteiger partial charge is 0.258 e. The number of piperidine rings is 1. The minimum absolute atomic E-state index is 0.0159. The monoisotopic (exact) mass is 422 g/mol. The van der Waals surface area contributed by atoms with Gasteiger partial charge in [0, 0.05) is 43.2 Å². The Balaban J connectivity index is 1.23. The molecule has 6 aliphatic rings. The van der Waals surface area contributed by atoms with Gasteiger partial charge in [-0.15, -0.1) is 0 Å². The third-order valence-corrected chi connectivity index (χ3v) is 8.71. The van der Waals surface area contributed by atoms with E-state index in [0.717, 1.165) is 44.9 Å². The maximum Gasteiger partial charge on any atom is 0.258 e. The lowest BCUT2D eigenvalue weighted by molar-refractivity contribution is -0.162. The van der Waals surface area contributed by atoms with Crippen molar-refractivity contribution in [3.05, 3.63) is 29.8 Å². The topological polar surface area (TPSA) is 75.7 Å². The summed E-state index contributed by atoms with van der Waals surface area (Å²) >= 11 is 0. The predicted octanol–water partition coefficient (Wildman–Crippen LogP) is 3.30. The molecule has 1 aromatic rings. The molecule has 6 nitrogen and oxygen atoms in total. The van der Waals surface area contributed by atoms with Crippen LogP contribution in [0.1, 0.15) is 68.1 Å². The number of ketones is 1. The van der Waals surface area contributed by atoms with E-state index >= 15 is 0 Å². The van der Waals surface area contributed by atoms with E-state index in [9.17, 15) is 14.4 Å². The highest BCUT2D eigenvalue weighted by molar-refractivity contribution is 5.98. The van der Waals surface area contributed by atoms with Gasteiger partial charge in [0.15, 0.2) is 5.72 Å². The summed E-state index contributed by atoms with van der Waals surface area (Å²) in [6.07, 6.45) is 8.04. The van der Waals surface area contributed by atoms with Gasteiger partial charge >= 0.3 is 0 Å². The van der Waals surface area contributed by atoms with Gasteiger partial charge in [-0.3, -0.25) is 14.4 Å². The van der Waals surface area contributed by atoms with Gasteiger partial charge in [-0.1, -0.05) is 25.0 Å². The van der Waals surface area contributed by atoms with E-state index in [1.165, 1.54) is 0 Å². The number of amides is 2. The summed E-state index contributed by atoms with van der Waals surface area (Å²) in [7, 11) is 0. The van der Waals surface area contributed by atoms with Crippen molar-refractivity contribution in [1.82, 2.24) is 10.2 Å². The maximum absolute atomic E-state index is 13.7. The Labute approximate surface area is 182 Å². The second kappa shape index (κ2) is 7.07. The van der Waals surface area contributed by atoms with Crippen molar-refractivity contribution in [2.45, 2.75) is 69.6 Å². The molecule has 1 aromatic carbocycles. The quantitative estimate of drug-likeness (QED) is 0.754. The number of carbonyl (C=O) groups is 3. The van der Waals surface area contributed by atoms with E-state index in [0.29, 0.717) is 36.5 Å². The average molecular weight is 423 g/mol. The number of ether oxygens (including phenoxy) is 1. The molecule has 2 heterocycles. The molecule has 7 rings (SSSR count). The van der Waals surface area contributed by atoms with Gasteiger partial charge in [-0.05, 0) is 50.2 Å². The third kappa shape index (κ3) is 2.94. The summed E-state index contributed by atoms with van der Waals surface area (Å²) < 4.78 is 6.44. The van der Waals surface area contributed by atoms with Crippen LogP contribution in [0.5, 0.6) is 5.75 Å². The van der Waals surface area contributed by atoms with Crippen LogP contribution in [-0.2, 0) is 9.59 Å². The van der Waals surface area contributed by atoms with Crippen molar-refractivity contribution in [3.8, 4) is 5.75 Å². The van der Waals surface area contributed by atoms with Crippen LogP contribution < -0.4 is 10.1 Å². The summed E-state index contributed by atoms with van der Waals surface area (Å²) in [5, 5.41) is 3.18. The predicted molar refractivity (Wildman–Crippen MR) is 113 cm³/mol. The standard InChI is InChI=1S/C25H30N2O4/c28-21-11-12-27(20-7-3-1-5-17(20)21)24(30)19-13-16-10-9-15(19)14-25(16)26-23(29)18-6-2-4-8-22(18)31-25/h2,4,6,8,15-17,19-20H,1,3,5,7,9-14H2,(H,26,29)/t15-,16-,17+,19+,20+,25+/m1/s1. The van der Waals surface area contributed by atoms with Crippen LogP contribution in [-0.4, -0.2) is 40.8 Å². The van der Waals surface area contributed by atoms with Crippen molar-refractivity contribution in [1.29, 1.82) is 0 Å². The summed E-state index contributed by atoms with van der Waals surface area (Å²) in [4.78, 5) is 41.0. The molecule has 1 saturated heterocycles. The highest BCUT2D eigenvalue weighted by atomic mass is 16.5. The van der Waals surface area contributed by atoms with Crippen molar-refractivity contribution < 1.29 is 19.1 Å². The average Bonchev–Trinajstić information content (AvgIpc) is 2.79. The van der Waals surface area contributed by atoms with Crippen molar-refractivity contribution in [3.63, 3.8) is 0 Å². The van der Waals surface area contributed by atoms with Crippen LogP contribution in [0.2, 0.25) is 0 Å². The van der Waals surface area contributed by atoms with Gasteiger partial charge in [0.1, 0.15) is 11.5 Å². The number of Topliss-reactive ketones (excluding diaryl/α,β-unsaturated/α-hetero) is 1. The fourth-order valence-corrected chi connectivity index (χ4v) is 7.19. The van der Waals surface area contributed by atoms with Gasteiger partial charge in [0.2, 0.25) is 5.91 Å². The first-order valence-corrected chi connectivity index (χ1v) is 12.0. The molecule has 5 fully saturated rings. The molecule has 4 aliphatic carbocycles. The molecule has 2 aliphatic heterocycles. The zero-order chi connectivity index (χ0) is 21.2. The molecule has 6 heteroatoms. The number of benzene rings is 1. The molecule has 1 N–H and O–H groups in total. The lowest BCUT2D eigenvalue weighted by atomic mass is 9.59. The number of hydrogen-bond donors (Lipinski definition) is 1. The van der Waals surface area contributed by atoms with Crippen LogP contribution >= 0.6 is 0 Å². The SMILES string of the molecule is O=C1N[C@@]2(C[C@H]3CC[C@@H]2C[C@@H]3C(=O)N2CCC(=O)[C@H]3CCCC[C@@H]32)Oc2ccccc21. The fraction of sp³-hybridized carbons (Fsp3) is 0.640. The van der Waals surface area contributed by atoms with Crippen molar-refractivity contribution in [2.24, 2.45) is 23.7 Å². The number of carbonyl (C=O) groups excluding carboxylic acids is 3. The molecular weight excluding hydrogens is 392 g/mol. The van der Waals surface area contributed by atoms with Crippen molar-refractivity contribution in [2.75, 3.05) is 6.54 Å². The summed E-state index contributed by atoms with van der Waals surface area (Å²) in [6, 6.07) is 7.52. The molecule has 31 heavy (non-hydrogen) atoms. The molecule has 0 unspecified atom stereocenters. The molecule has 0 radical (unpaired) electrons. The Morgan fingerprint density at radius 3 is 2.77 bits per heavy atom. The number of nitrogens with zero attached hydrogens (tertiary/aromatic N) is 1. The maximum atomic E-state index is 13.7. The first kappa shape index (κ1) is 19.3. The molecule has 6 atom stereocenters. The van der Waals surface area contributed by atoms with E-state index in [1.54, 1.807) is 6.07 Å². The van der Waals surface area contributed by atoms with Gasteiger partial charge in [0.05, 0.1) is 5.56 Å². The Morgan fingerprint density at radius 2 is 1.94 bits per heavy atom. The largest absolute Gasteiger partial charge is 0.467 e. The zero-order valence-electron chi connectivity index (χ0n) is 17.8. The van der Waals surface area contributed by atoms with E-state index in [1.807, 2.05) is 18.2 Å². The number of nitrogens with one attached hydrogen (secondary N) is 1. The van der Waals surface area contributed by atoms with Crippen LogP contribution in [0.15, 0.2) is 24.3 Å². The van der Waals surface area contributed by atoms with E-state index in [4.69, 9.17) is 4.74 Å². The normalized spacial score (nSPS) is 38.8. The first-order valence-electron chi connectivity index (χ1n) is 12.0. The third-order valence-electron chi connectivity index (χ3n) is 8.71. The molecule has 164 valence electrons. The van der Waals surface area contributed by atoms with E-state index < -0.39 is 5.72 Å². The number of likely N-dealkylation sites (tertiary alicyclic amines) is 1. The van der Waals surface area contributed by atoms with Gasteiger partial charge in [0.25, 0.3) is 5.91 Å². The second-order valence-electron chi connectivity index (χ2n) is 10.2. The van der Waals surface area contributed by atoms with Gasteiger partial charge < -0.3 is 15.0 Å². The number of rotatable bonds is 1. The van der Waals surface area contributed by atoms with Gasteiger partial charge in [-0.25, -0.2) is 0 Å². The minimum atomic E-state index is -0.684. The van der Waals surface area contributed by atoms with Crippen LogP contribution in [0.4, 0.5) is 0 Å². The Kier molecular flexibility index (Phi) is 4.41. The highest BCUT2D eigenvalue weighted by Crippen LogP contribution is 2.53. The summed E-state index contributed by atoms with van der Waals surface area (Å²) in [5.41, 5.74) is -0.0976. The van der Waals surface area contributed by atoms with Crippen LogP contribution in [0.3, 0.4) is 0 Å². The zero-order valence-corrected chi connectivity index (χ0v) is 17.8. The van der Waals surface area contributed by atoms with E-state index in [2.05, 4.69) is 10.2 Å². The van der Waals surface area contributed by atoms with Crippen LogP contribution in [0, 0.1) is 23.7 Å². The fourth-order valence-electron chi connectivity index (χ4n) is 7.19. The Morgan fingerprint density at radius 1 is 1.10 bits per heavy atom. The number of para-hydroxylation sites is 1. The second-order valence-corrected chi connectivity index (χ2v) is 10.2. The highest BCUT2D eigenvalue weighted by Gasteiger charge is 2.58. The number of fused-ring (bicyclic) bond motifs is 4. The van der Waals surface area contributed by atoms with Gasteiger partial charge in [-0.2, -0.15) is 0 Å². The lowest BCUT2D eigenvalue weighted by Gasteiger charge is -2.56.